The highest BCUT2D eigenvalue weighted by molar-refractivity contribution is 7.22. The number of alkyl halides is 2. The Hall–Kier alpha value is -2.82. The molecule has 0 radical (unpaired) electrons. The summed E-state index contributed by atoms with van der Waals surface area (Å²) in [4.78, 5) is 23.8. The van der Waals surface area contributed by atoms with Crippen LogP contribution in [0.3, 0.4) is 0 Å². The summed E-state index contributed by atoms with van der Waals surface area (Å²) >= 11 is 7.55. The number of hydrogen-bond donors (Lipinski definition) is 2. The van der Waals surface area contributed by atoms with Gasteiger partial charge in [0.25, 0.3) is 11.8 Å². The van der Waals surface area contributed by atoms with Crippen molar-refractivity contribution >= 4 is 61.2 Å². The predicted molar refractivity (Wildman–Crippen MR) is 132 cm³/mol. The third-order valence-corrected chi connectivity index (χ3v) is 7.18. The van der Waals surface area contributed by atoms with E-state index < -0.39 is 5.92 Å². The molecule has 4 aromatic rings. The van der Waals surface area contributed by atoms with Gasteiger partial charge in [-0.2, -0.15) is 0 Å². The second-order valence-corrected chi connectivity index (χ2v) is 9.87. The topological polar surface area (TPSA) is 75.1 Å². The third kappa shape index (κ3) is 4.84. The zero-order valence-electron chi connectivity index (χ0n) is 18.4. The second-order valence-electron chi connectivity index (χ2n) is 8.41. The normalized spacial score (nSPS) is 16.2. The van der Waals surface area contributed by atoms with E-state index in [9.17, 15) is 13.6 Å². The van der Waals surface area contributed by atoms with Crippen molar-refractivity contribution in [3.05, 3.63) is 47.0 Å². The molecule has 1 amide bonds. The number of benzene rings is 2. The highest BCUT2D eigenvalue weighted by Gasteiger charge is 2.33. The quantitative estimate of drug-likeness (QED) is 0.385. The summed E-state index contributed by atoms with van der Waals surface area (Å²) in [5.74, 6) is -2.17. The Kier molecular flexibility index (Phi) is 6.13. The fraction of sp³-hybridized carbons (Fsp3) is 0.348. The van der Waals surface area contributed by atoms with Crippen molar-refractivity contribution in [3.63, 3.8) is 0 Å². The lowest BCUT2D eigenvalue weighted by molar-refractivity contribution is -0.0547. The van der Waals surface area contributed by atoms with Gasteiger partial charge in [0, 0.05) is 56.7 Å². The van der Waals surface area contributed by atoms with Gasteiger partial charge in [-0.25, -0.2) is 18.7 Å². The van der Waals surface area contributed by atoms with Crippen molar-refractivity contribution in [3.8, 4) is 0 Å². The van der Waals surface area contributed by atoms with Crippen LogP contribution in [-0.4, -0.2) is 57.4 Å². The van der Waals surface area contributed by atoms with Crippen molar-refractivity contribution in [2.45, 2.75) is 18.8 Å². The van der Waals surface area contributed by atoms with Gasteiger partial charge in [0.1, 0.15) is 0 Å². The summed E-state index contributed by atoms with van der Waals surface area (Å²) in [5, 5.41) is 7.49. The van der Waals surface area contributed by atoms with Gasteiger partial charge < -0.3 is 20.1 Å². The molecule has 0 unspecified atom stereocenters. The number of imidazole rings is 1. The first kappa shape index (κ1) is 22.9. The Labute approximate surface area is 203 Å². The minimum absolute atomic E-state index is 0.127. The molecule has 11 heteroatoms. The summed E-state index contributed by atoms with van der Waals surface area (Å²) in [6, 6.07) is 10.9. The highest BCUT2D eigenvalue weighted by Crippen LogP contribution is 2.31. The van der Waals surface area contributed by atoms with Crippen LogP contribution in [0.25, 0.3) is 21.3 Å². The smallest absolute Gasteiger partial charge is 0.251 e. The molecule has 1 aliphatic heterocycles. The van der Waals surface area contributed by atoms with E-state index in [1.54, 1.807) is 18.2 Å². The Morgan fingerprint density at radius 1 is 1.15 bits per heavy atom. The number of nitrogens with one attached hydrogen (secondary N) is 2. The molecule has 1 fully saturated rings. The van der Waals surface area contributed by atoms with Gasteiger partial charge >= 0.3 is 0 Å². The van der Waals surface area contributed by atoms with Crippen LogP contribution < -0.4 is 10.6 Å². The van der Waals surface area contributed by atoms with Crippen LogP contribution in [0.1, 0.15) is 23.2 Å². The Morgan fingerprint density at radius 2 is 1.94 bits per heavy atom. The fourth-order valence-corrected chi connectivity index (χ4v) is 5.17. The number of anilines is 2. The van der Waals surface area contributed by atoms with E-state index in [4.69, 9.17) is 11.6 Å². The molecule has 2 N–H and O–H groups in total. The molecule has 0 spiro atoms. The second kappa shape index (κ2) is 9.09. The molecule has 0 bridgehead atoms. The van der Waals surface area contributed by atoms with Crippen molar-refractivity contribution in [2.75, 3.05) is 31.5 Å². The maximum Gasteiger partial charge on any atom is 0.251 e. The predicted octanol–water partition coefficient (Wildman–Crippen LogP) is 5.04. The lowest BCUT2D eigenvalue weighted by Gasteiger charge is -2.31. The van der Waals surface area contributed by atoms with Gasteiger partial charge in [0.2, 0.25) is 5.95 Å². The first-order valence-corrected chi connectivity index (χ1v) is 12.1. The first-order valence-electron chi connectivity index (χ1n) is 11.0. The van der Waals surface area contributed by atoms with Gasteiger partial charge in [0.05, 0.1) is 21.3 Å². The fourth-order valence-electron chi connectivity index (χ4n) is 4.03. The van der Waals surface area contributed by atoms with Gasteiger partial charge in [0.15, 0.2) is 5.13 Å². The molecule has 1 saturated heterocycles. The SMILES string of the molecule is Cn1c(Nc2nc3ccc(Cl)cc3s2)nc2cc(C(=O)NCCN3CCC(F)(F)CC3)ccc21. The molecule has 2 aromatic heterocycles. The minimum Gasteiger partial charge on any atom is -0.351 e. The van der Waals surface area contributed by atoms with E-state index in [-0.39, 0.29) is 18.7 Å². The lowest BCUT2D eigenvalue weighted by Crippen LogP contribution is -2.43. The summed E-state index contributed by atoms with van der Waals surface area (Å²) < 4.78 is 29.4. The molecule has 0 saturated carbocycles. The zero-order chi connectivity index (χ0) is 23.9. The van der Waals surface area contributed by atoms with Crippen LogP contribution in [-0.2, 0) is 7.05 Å². The number of thiazole rings is 1. The number of carbonyl (C=O) groups excluding carboxylic acids is 1. The van der Waals surface area contributed by atoms with E-state index in [1.807, 2.05) is 34.7 Å². The van der Waals surface area contributed by atoms with Crippen molar-refractivity contribution in [2.24, 2.45) is 7.05 Å². The van der Waals surface area contributed by atoms with Crippen molar-refractivity contribution in [1.82, 2.24) is 24.8 Å². The summed E-state index contributed by atoms with van der Waals surface area (Å²) in [5.41, 5.74) is 2.90. The van der Waals surface area contributed by atoms with Crippen LogP contribution in [0.2, 0.25) is 5.02 Å². The molecular formula is C23H23ClF2N6OS. The molecule has 5 rings (SSSR count). The van der Waals surface area contributed by atoms with Gasteiger partial charge in [-0.1, -0.05) is 22.9 Å². The van der Waals surface area contributed by atoms with E-state index in [1.165, 1.54) is 11.3 Å². The van der Waals surface area contributed by atoms with Crippen LogP contribution in [0.4, 0.5) is 19.9 Å². The van der Waals surface area contributed by atoms with Crippen molar-refractivity contribution < 1.29 is 13.6 Å². The van der Waals surface area contributed by atoms with Crippen LogP contribution >= 0.6 is 22.9 Å². The molecule has 0 atom stereocenters. The van der Waals surface area contributed by atoms with Crippen LogP contribution in [0.5, 0.6) is 0 Å². The van der Waals surface area contributed by atoms with E-state index in [0.29, 0.717) is 53.4 Å². The number of likely N-dealkylation sites (tertiary alicyclic amines) is 1. The third-order valence-electron chi connectivity index (χ3n) is 6.01. The maximum atomic E-state index is 13.3. The van der Waals surface area contributed by atoms with Crippen LogP contribution in [0, 0.1) is 0 Å². The lowest BCUT2D eigenvalue weighted by atomic mass is 10.1. The molecule has 178 valence electrons. The number of piperidine rings is 1. The number of aryl methyl sites for hydroxylation is 1. The number of hydrogen-bond acceptors (Lipinski definition) is 6. The molecule has 2 aromatic carbocycles. The number of amides is 1. The average molecular weight is 505 g/mol. The number of carbonyl (C=O) groups is 1. The van der Waals surface area contributed by atoms with E-state index in [2.05, 4.69) is 20.6 Å². The Balaban J connectivity index is 1.24. The number of nitrogens with zero attached hydrogens (tertiary/aromatic N) is 4. The molecule has 7 nitrogen and oxygen atoms in total. The first-order chi connectivity index (χ1) is 16.3. The molecule has 0 aliphatic carbocycles. The van der Waals surface area contributed by atoms with Gasteiger partial charge in [-0.15, -0.1) is 0 Å². The highest BCUT2D eigenvalue weighted by atomic mass is 35.5. The monoisotopic (exact) mass is 504 g/mol. The van der Waals surface area contributed by atoms with Crippen molar-refractivity contribution in [1.29, 1.82) is 0 Å². The molecular weight excluding hydrogens is 482 g/mol. The minimum atomic E-state index is -2.56. The summed E-state index contributed by atoms with van der Waals surface area (Å²) in [6.07, 6.45) is -0.253. The number of rotatable bonds is 6. The molecule has 34 heavy (non-hydrogen) atoms. The van der Waals surface area contributed by atoms with E-state index >= 15 is 0 Å². The van der Waals surface area contributed by atoms with E-state index in [0.717, 1.165) is 15.7 Å². The molecule has 1 aliphatic rings. The number of halogens is 3. The average Bonchev–Trinajstić information content (AvgIpc) is 3.34. The summed E-state index contributed by atoms with van der Waals surface area (Å²) in [6.45, 7) is 1.65. The summed E-state index contributed by atoms with van der Waals surface area (Å²) in [7, 11) is 1.89. The standard InChI is InChI=1S/C23H23ClF2N6OS/c1-31-18-5-2-14(20(33)27-8-11-32-9-6-23(25,26)7-10-32)12-17(18)28-21(31)30-22-29-16-4-3-15(24)13-19(16)34-22/h2-5,12-13H,6-11H2,1H3,(H,27,33)(H,28,29,30). The van der Waals surface area contributed by atoms with Crippen LogP contribution in [0.15, 0.2) is 36.4 Å². The number of fused-ring (bicyclic) bond motifs is 2. The van der Waals surface area contributed by atoms with Gasteiger partial charge in [-0.3, -0.25) is 4.79 Å². The van der Waals surface area contributed by atoms with Gasteiger partial charge in [-0.05, 0) is 36.4 Å². The Morgan fingerprint density at radius 3 is 2.74 bits per heavy atom. The largest absolute Gasteiger partial charge is 0.351 e. The zero-order valence-corrected chi connectivity index (χ0v) is 20.0. The Bertz CT molecular complexity index is 1360. The number of aromatic nitrogens is 3. The maximum absolute atomic E-state index is 13.3. The molecule has 3 heterocycles.